The quantitative estimate of drug-likeness (QED) is 0.693. The van der Waals surface area contributed by atoms with E-state index in [1.54, 1.807) is 0 Å². The van der Waals surface area contributed by atoms with Gasteiger partial charge in [0.1, 0.15) is 18.0 Å². The third-order valence-electron chi connectivity index (χ3n) is 1.81. The van der Waals surface area contributed by atoms with E-state index in [4.69, 9.17) is 0 Å². The first kappa shape index (κ1) is 8.74. The lowest BCUT2D eigenvalue weighted by Gasteiger charge is -2.02. The Hall–Kier alpha value is -1.84. The maximum absolute atomic E-state index is 13.2. The first-order valence-corrected chi connectivity index (χ1v) is 3.98. The maximum Gasteiger partial charge on any atom is 0.134 e. The summed E-state index contributed by atoms with van der Waals surface area (Å²) >= 11 is 0. The van der Waals surface area contributed by atoms with Crippen LogP contribution < -0.4 is 0 Å². The van der Waals surface area contributed by atoms with Gasteiger partial charge in [0.2, 0.25) is 0 Å². The SMILES string of the molecule is Fc1cccc(F)c1-c1cncnc1. The van der Waals surface area contributed by atoms with Crippen LogP contribution in [0.15, 0.2) is 36.9 Å². The van der Waals surface area contributed by atoms with Crippen LogP contribution in [0.3, 0.4) is 0 Å². The van der Waals surface area contributed by atoms with Gasteiger partial charge in [-0.1, -0.05) is 6.07 Å². The van der Waals surface area contributed by atoms with E-state index in [9.17, 15) is 8.78 Å². The molecule has 2 rings (SSSR count). The fraction of sp³-hybridized carbons (Fsp3) is 0. The van der Waals surface area contributed by atoms with E-state index < -0.39 is 11.6 Å². The van der Waals surface area contributed by atoms with Crippen molar-refractivity contribution in [1.29, 1.82) is 0 Å². The molecule has 0 saturated heterocycles. The Morgan fingerprint density at radius 1 is 0.929 bits per heavy atom. The van der Waals surface area contributed by atoms with Gasteiger partial charge in [-0.05, 0) is 12.1 Å². The third-order valence-corrected chi connectivity index (χ3v) is 1.81. The van der Waals surface area contributed by atoms with Gasteiger partial charge in [0.05, 0.1) is 5.56 Å². The van der Waals surface area contributed by atoms with Gasteiger partial charge in [0.25, 0.3) is 0 Å². The average Bonchev–Trinajstić information content (AvgIpc) is 2.19. The maximum atomic E-state index is 13.2. The van der Waals surface area contributed by atoms with E-state index in [-0.39, 0.29) is 5.56 Å². The number of hydrogen-bond acceptors (Lipinski definition) is 2. The molecule has 0 unspecified atom stereocenters. The fourth-order valence-electron chi connectivity index (χ4n) is 1.20. The van der Waals surface area contributed by atoms with Crippen molar-refractivity contribution >= 4 is 0 Å². The van der Waals surface area contributed by atoms with Crippen molar-refractivity contribution in [2.24, 2.45) is 0 Å². The predicted molar refractivity (Wildman–Crippen MR) is 47.4 cm³/mol. The molecule has 2 nitrogen and oxygen atoms in total. The van der Waals surface area contributed by atoms with E-state index in [1.807, 2.05) is 0 Å². The molecule has 0 aliphatic rings. The number of nitrogens with zero attached hydrogens (tertiary/aromatic N) is 2. The summed E-state index contributed by atoms with van der Waals surface area (Å²) in [6, 6.07) is 3.72. The van der Waals surface area contributed by atoms with Crippen LogP contribution in [0.4, 0.5) is 8.78 Å². The molecule has 0 bridgehead atoms. The molecule has 2 aromatic rings. The molecule has 0 atom stereocenters. The molecule has 0 fully saturated rings. The lowest BCUT2D eigenvalue weighted by Crippen LogP contribution is -1.90. The highest BCUT2D eigenvalue weighted by atomic mass is 19.1. The van der Waals surface area contributed by atoms with Crippen LogP contribution in [0.25, 0.3) is 11.1 Å². The van der Waals surface area contributed by atoms with Crippen molar-refractivity contribution < 1.29 is 8.78 Å². The molecular weight excluding hydrogens is 186 g/mol. The summed E-state index contributed by atoms with van der Waals surface area (Å²) < 4.78 is 26.5. The molecule has 0 radical (unpaired) electrons. The van der Waals surface area contributed by atoms with Crippen LogP contribution in [-0.2, 0) is 0 Å². The Morgan fingerprint density at radius 2 is 1.50 bits per heavy atom. The van der Waals surface area contributed by atoms with Gasteiger partial charge >= 0.3 is 0 Å². The van der Waals surface area contributed by atoms with Crippen molar-refractivity contribution in [2.75, 3.05) is 0 Å². The minimum atomic E-state index is -0.611. The van der Waals surface area contributed by atoms with E-state index in [2.05, 4.69) is 9.97 Å². The van der Waals surface area contributed by atoms with Gasteiger partial charge in [-0.2, -0.15) is 0 Å². The molecule has 0 amide bonds. The molecule has 0 aliphatic carbocycles. The molecule has 0 aliphatic heterocycles. The summed E-state index contributed by atoms with van der Waals surface area (Å²) in [5, 5.41) is 0. The molecule has 4 heteroatoms. The summed E-state index contributed by atoms with van der Waals surface area (Å²) in [5.41, 5.74) is 0.246. The van der Waals surface area contributed by atoms with Gasteiger partial charge in [-0.15, -0.1) is 0 Å². The highest BCUT2D eigenvalue weighted by Crippen LogP contribution is 2.23. The second kappa shape index (κ2) is 3.49. The highest BCUT2D eigenvalue weighted by molar-refractivity contribution is 5.62. The van der Waals surface area contributed by atoms with E-state index >= 15 is 0 Å². The smallest absolute Gasteiger partial charge is 0.134 e. The minimum absolute atomic E-state index is 0.0897. The normalized spacial score (nSPS) is 10.1. The first-order chi connectivity index (χ1) is 6.79. The van der Waals surface area contributed by atoms with E-state index in [0.29, 0.717) is 5.56 Å². The second-order valence-corrected chi connectivity index (χ2v) is 2.72. The van der Waals surface area contributed by atoms with Crippen molar-refractivity contribution in [3.63, 3.8) is 0 Å². The summed E-state index contributed by atoms with van der Waals surface area (Å²) in [7, 11) is 0. The number of rotatable bonds is 1. The zero-order valence-corrected chi connectivity index (χ0v) is 7.11. The summed E-state index contributed by atoms with van der Waals surface area (Å²) in [6.07, 6.45) is 4.05. The Balaban J connectivity index is 2.63. The highest BCUT2D eigenvalue weighted by Gasteiger charge is 2.10. The molecule has 1 heterocycles. The van der Waals surface area contributed by atoms with Crippen LogP contribution in [0.2, 0.25) is 0 Å². The molecular formula is C10H6F2N2. The van der Waals surface area contributed by atoms with Crippen LogP contribution in [0.5, 0.6) is 0 Å². The Kier molecular flexibility index (Phi) is 2.18. The number of hydrogen-bond donors (Lipinski definition) is 0. The molecule has 1 aromatic heterocycles. The second-order valence-electron chi connectivity index (χ2n) is 2.72. The Morgan fingerprint density at radius 3 is 2.07 bits per heavy atom. The number of aromatic nitrogens is 2. The lowest BCUT2D eigenvalue weighted by molar-refractivity contribution is 0.589. The van der Waals surface area contributed by atoms with Crippen molar-refractivity contribution in [2.45, 2.75) is 0 Å². The van der Waals surface area contributed by atoms with Crippen LogP contribution in [0.1, 0.15) is 0 Å². The van der Waals surface area contributed by atoms with Crippen LogP contribution in [0, 0.1) is 11.6 Å². The first-order valence-electron chi connectivity index (χ1n) is 3.98. The van der Waals surface area contributed by atoms with Crippen molar-refractivity contribution in [1.82, 2.24) is 9.97 Å². The van der Waals surface area contributed by atoms with Crippen LogP contribution in [-0.4, -0.2) is 9.97 Å². The molecule has 70 valence electrons. The van der Waals surface area contributed by atoms with Crippen LogP contribution >= 0.6 is 0 Å². The zero-order valence-electron chi connectivity index (χ0n) is 7.11. The van der Waals surface area contributed by atoms with E-state index in [0.717, 1.165) is 0 Å². The van der Waals surface area contributed by atoms with Gasteiger partial charge in [-0.25, -0.2) is 18.7 Å². The van der Waals surface area contributed by atoms with E-state index in [1.165, 1.54) is 36.9 Å². The average molecular weight is 192 g/mol. The zero-order chi connectivity index (χ0) is 9.97. The lowest BCUT2D eigenvalue weighted by atomic mass is 10.1. The molecule has 1 aromatic carbocycles. The Bertz CT molecular complexity index is 423. The van der Waals surface area contributed by atoms with Gasteiger partial charge in [0.15, 0.2) is 0 Å². The summed E-state index contributed by atoms with van der Waals surface area (Å²) in [5.74, 6) is -1.22. The molecule has 0 N–H and O–H groups in total. The fourth-order valence-corrected chi connectivity index (χ4v) is 1.20. The van der Waals surface area contributed by atoms with Crippen molar-refractivity contribution in [3.8, 4) is 11.1 Å². The Labute approximate surface area is 79.3 Å². The minimum Gasteiger partial charge on any atom is -0.244 e. The summed E-state index contributed by atoms with van der Waals surface area (Å²) in [6.45, 7) is 0. The summed E-state index contributed by atoms with van der Waals surface area (Å²) in [4.78, 5) is 7.40. The van der Waals surface area contributed by atoms with Gasteiger partial charge in [-0.3, -0.25) is 0 Å². The molecule has 0 saturated carbocycles. The standard InChI is InChI=1S/C10H6F2N2/c11-8-2-1-3-9(12)10(8)7-4-13-6-14-5-7/h1-6H. The molecule has 0 spiro atoms. The van der Waals surface area contributed by atoms with Gasteiger partial charge < -0.3 is 0 Å². The number of benzene rings is 1. The molecule has 14 heavy (non-hydrogen) atoms. The number of halogens is 2. The van der Waals surface area contributed by atoms with Gasteiger partial charge in [0, 0.05) is 18.0 Å². The van der Waals surface area contributed by atoms with Crippen molar-refractivity contribution in [3.05, 3.63) is 48.6 Å². The topological polar surface area (TPSA) is 25.8 Å². The largest absolute Gasteiger partial charge is 0.244 e. The monoisotopic (exact) mass is 192 g/mol. The third kappa shape index (κ3) is 1.46. The predicted octanol–water partition coefficient (Wildman–Crippen LogP) is 2.42.